The van der Waals surface area contributed by atoms with Crippen molar-refractivity contribution in [1.29, 1.82) is 0 Å². The molecule has 1 saturated heterocycles. The zero-order chi connectivity index (χ0) is 24.2. The van der Waals surface area contributed by atoms with Gasteiger partial charge in [0, 0.05) is 25.2 Å². The third-order valence-corrected chi connectivity index (χ3v) is 6.52. The van der Waals surface area contributed by atoms with Crippen LogP contribution in [0.15, 0.2) is 36.4 Å². The van der Waals surface area contributed by atoms with E-state index in [-0.39, 0.29) is 11.8 Å². The summed E-state index contributed by atoms with van der Waals surface area (Å²) in [6, 6.07) is 10.6. The summed E-state index contributed by atoms with van der Waals surface area (Å²) in [7, 11) is 4.67. The van der Waals surface area contributed by atoms with Crippen LogP contribution in [0.1, 0.15) is 46.8 Å². The maximum absolute atomic E-state index is 14.0. The SMILES string of the molecule is CCCN1C(=O)c2ccccc2[C@@H](C(=O)N2CCOCC2)[C@@H]1c1cc(OC)c(OC)c(OC)c1. The number of methoxy groups -OCH3 is 3. The second-order valence-corrected chi connectivity index (χ2v) is 8.40. The summed E-state index contributed by atoms with van der Waals surface area (Å²) in [4.78, 5) is 31.3. The zero-order valence-electron chi connectivity index (χ0n) is 20.2. The highest BCUT2D eigenvalue weighted by Crippen LogP contribution is 2.48. The highest BCUT2D eigenvalue weighted by molar-refractivity contribution is 6.01. The lowest BCUT2D eigenvalue weighted by Crippen LogP contribution is -2.50. The number of carbonyl (C=O) groups is 2. The van der Waals surface area contributed by atoms with Crippen molar-refractivity contribution in [1.82, 2.24) is 9.80 Å². The number of ether oxygens (including phenoxy) is 4. The Labute approximate surface area is 200 Å². The van der Waals surface area contributed by atoms with Crippen molar-refractivity contribution in [2.24, 2.45) is 0 Å². The van der Waals surface area contributed by atoms with Gasteiger partial charge in [0.05, 0.1) is 46.5 Å². The van der Waals surface area contributed by atoms with Gasteiger partial charge in [-0.3, -0.25) is 9.59 Å². The second-order valence-electron chi connectivity index (χ2n) is 8.40. The third-order valence-electron chi connectivity index (χ3n) is 6.52. The number of morpholine rings is 1. The van der Waals surface area contributed by atoms with Gasteiger partial charge in [-0.1, -0.05) is 25.1 Å². The van der Waals surface area contributed by atoms with Crippen LogP contribution in [0.3, 0.4) is 0 Å². The first-order chi connectivity index (χ1) is 16.5. The second kappa shape index (κ2) is 10.3. The lowest BCUT2D eigenvalue weighted by Gasteiger charge is -2.44. The Morgan fingerprint density at radius 1 is 1.03 bits per heavy atom. The maximum Gasteiger partial charge on any atom is 0.254 e. The Hall–Kier alpha value is -3.26. The summed E-state index contributed by atoms with van der Waals surface area (Å²) in [6.07, 6.45) is 0.757. The average molecular weight is 469 g/mol. The molecule has 2 amide bonds. The van der Waals surface area contributed by atoms with Crippen LogP contribution in [0.4, 0.5) is 0 Å². The minimum absolute atomic E-state index is 0.0110. The van der Waals surface area contributed by atoms with E-state index in [1.165, 1.54) is 0 Å². The summed E-state index contributed by atoms with van der Waals surface area (Å²) >= 11 is 0. The zero-order valence-corrected chi connectivity index (χ0v) is 20.2. The van der Waals surface area contributed by atoms with E-state index in [1.807, 2.05) is 53.1 Å². The van der Waals surface area contributed by atoms with Crippen molar-refractivity contribution in [2.75, 3.05) is 54.2 Å². The number of amides is 2. The van der Waals surface area contributed by atoms with E-state index in [1.54, 1.807) is 21.3 Å². The topological polar surface area (TPSA) is 77.5 Å². The fourth-order valence-electron chi connectivity index (χ4n) is 4.97. The Morgan fingerprint density at radius 2 is 1.68 bits per heavy atom. The van der Waals surface area contributed by atoms with Crippen LogP contribution < -0.4 is 14.2 Å². The van der Waals surface area contributed by atoms with Gasteiger partial charge in [-0.05, 0) is 35.7 Å². The van der Waals surface area contributed by atoms with E-state index in [4.69, 9.17) is 18.9 Å². The largest absolute Gasteiger partial charge is 0.493 e. The van der Waals surface area contributed by atoms with E-state index in [0.29, 0.717) is 55.7 Å². The Kier molecular flexibility index (Phi) is 7.26. The highest BCUT2D eigenvalue weighted by atomic mass is 16.5. The molecule has 0 unspecified atom stereocenters. The molecule has 0 spiro atoms. The lowest BCUT2D eigenvalue weighted by molar-refractivity contribution is -0.138. The number of rotatable bonds is 7. The summed E-state index contributed by atoms with van der Waals surface area (Å²) in [5, 5.41) is 0. The van der Waals surface area contributed by atoms with Gasteiger partial charge in [0.15, 0.2) is 11.5 Å². The molecule has 1 fully saturated rings. The number of benzene rings is 2. The van der Waals surface area contributed by atoms with Crippen LogP contribution in [-0.2, 0) is 9.53 Å². The highest BCUT2D eigenvalue weighted by Gasteiger charge is 2.45. The molecule has 0 aliphatic carbocycles. The number of nitrogens with zero attached hydrogens (tertiary/aromatic N) is 2. The van der Waals surface area contributed by atoms with Gasteiger partial charge in [-0.25, -0.2) is 0 Å². The molecule has 2 aromatic carbocycles. The molecule has 2 aliphatic rings. The van der Waals surface area contributed by atoms with Crippen LogP contribution in [0.25, 0.3) is 0 Å². The van der Waals surface area contributed by atoms with Crippen LogP contribution in [0.5, 0.6) is 17.2 Å². The van der Waals surface area contributed by atoms with E-state index < -0.39 is 12.0 Å². The van der Waals surface area contributed by atoms with Crippen molar-refractivity contribution < 1.29 is 28.5 Å². The molecule has 0 N–H and O–H groups in total. The van der Waals surface area contributed by atoms with Gasteiger partial charge in [0.1, 0.15) is 0 Å². The normalized spacial score (nSPS) is 20.1. The molecule has 2 aliphatic heterocycles. The molecule has 182 valence electrons. The molecular formula is C26H32N2O6. The predicted octanol–water partition coefficient (Wildman–Crippen LogP) is 3.26. The molecule has 2 atom stereocenters. The lowest BCUT2D eigenvalue weighted by atomic mass is 9.78. The summed E-state index contributed by atoms with van der Waals surface area (Å²) in [6.45, 7) is 4.61. The predicted molar refractivity (Wildman–Crippen MR) is 127 cm³/mol. The van der Waals surface area contributed by atoms with Gasteiger partial charge >= 0.3 is 0 Å². The van der Waals surface area contributed by atoms with Crippen molar-refractivity contribution in [3.05, 3.63) is 53.1 Å². The first-order valence-electron chi connectivity index (χ1n) is 11.6. The Morgan fingerprint density at radius 3 is 2.26 bits per heavy atom. The monoisotopic (exact) mass is 468 g/mol. The van der Waals surface area contributed by atoms with Crippen LogP contribution in [0, 0.1) is 0 Å². The van der Waals surface area contributed by atoms with Crippen molar-refractivity contribution in [3.63, 3.8) is 0 Å². The number of carbonyl (C=O) groups excluding carboxylic acids is 2. The minimum atomic E-state index is -0.568. The van der Waals surface area contributed by atoms with E-state index in [2.05, 4.69) is 0 Å². The van der Waals surface area contributed by atoms with Gasteiger partial charge in [0.25, 0.3) is 5.91 Å². The Bertz CT molecular complexity index is 1020. The molecule has 34 heavy (non-hydrogen) atoms. The smallest absolute Gasteiger partial charge is 0.254 e. The first-order valence-corrected chi connectivity index (χ1v) is 11.6. The molecule has 4 rings (SSSR count). The van der Waals surface area contributed by atoms with Crippen molar-refractivity contribution >= 4 is 11.8 Å². The molecule has 0 aromatic heterocycles. The quantitative estimate of drug-likeness (QED) is 0.621. The summed E-state index contributed by atoms with van der Waals surface area (Å²) in [5.74, 6) is 0.774. The molecule has 0 radical (unpaired) electrons. The summed E-state index contributed by atoms with van der Waals surface area (Å²) in [5.41, 5.74) is 2.08. The number of hydrogen-bond donors (Lipinski definition) is 0. The van der Waals surface area contributed by atoms with E-state index in [9.17, 15) is 9.59 Å². The maximum atomic E-state index is 14.0. The standard InChI is InChI=1S/C26H32N2O6/c1-5-10-28-23(17-15-20(31-2)24(33-4)21(16-17)32-3)22(26(30)27-11-13-34-14-12-27)18-8-6-7-9-19(18)25(28)29/h6-9,15-16,22-23H,5,10-14H2,1-4H3/t22-,23+/m1/s1. The van der Waals surface area contributed by atoms with E-state index in [0.717, 1.165) is 17.5 Å². The fourth-order valence-corrected chi connectivity index (χ4v) is 4.97. The van der Waals surface area contributed by atoms with Gasteiger partial charge in [0.2, 0.25) is 11.7 Å². The number of fused-ring (bicyclic) bond motifs is 1. The molecule has 2 aromatic rings. The molecular weight excluding hydrogens is 436 g/mol. The van der Waals surface area contributed by atoms with Crippen LogP contribution in [0.2, 0.25) is 0 Å². The van der Waals surface area contributed by atoms with Crippen molar-refractivity contribution in [3.8, 4) is 17.2 Å². The molecule has 0 bridgehead atoms. The summed E-state index contributed by atoms with van der Waals surface area (Å²) < 4.78 is 22.2. The molecule has 8 heteroatoms. The van der Waals surface area contributed by atoms with Crippen molar-refractivity contribution in [2.45, 2.75) is 25.3 Å². The molecule has 2 heterocycles. The Balaban J connectivity index is 1.92. The van der Waals surface area contributed by atoms with Crippen LogP contribution >= 0.6 is 0 Å². The molecule has 0 saturated carbocycles. The average Bonchev–Trinajstić information content (AvgIpc) is 2.89. The van der Waals surface area contributed by atoms with Gasteiger partial charge in [-0.15, -0.1) is 0 Å². The fraction of sp³-hybridized carbons (Fsp3) is 0.462. The number of hydrogen-bond acceptors (Lipinski definition) is 6. The minimum Gasteiger partial charge on any atom is -0.493 e. The molecule has 8 nitrogen and oxygen atoms in total. The first kappa shape index (κ1) is 23.9. The van der Waals surface area contributed by atoms with Gasteiger partial charge < -0.3 is 28.7 Å². The van der Waals surface area contributed by atoms with Crippen LogP contribution in [-0.4, -0.2) is 75.8 Å². The van der Waals surface area contributed by atoms with E-state index >= 15 is 0 Å². The van der Waals surface area contributed by atoms with Gasteiger partial charge in [-0.2, -0.15) is 0 Å². The third kappa shape index (κ3) is 4.18.